The Kier molecular flexibility index (Phi) is 3.44. The predicted octanol–water partition coefficient (Wildman–Crippen LogP) is 2.82. The van der Waals surface area contributed by atoms with Gasteiger partial charge < -0.3 is 9.84 Å². The van der Waals surface area contributed by atoms with Crippen LogP contribution in [0.2, 0.25) is 0 Å². The van der Waals surface area contributed by atoms with Crippen molar-refractivity contribution in [2.45, 2.75) is 44.8 Å². The summed E-state index contributed by atoms with van der Waals surface area (Å²) >= 11 is 0. The van der Waals surface area contributed by atoms with Crippen molar-refractivity contribution in [3.05, 3.63) is 29.6 Å². The fourth-order valence-electron chi connectivity index (χ4n) is 2.04. The molecule has 1 N–H and O–H groups in total. The Balaban J connectivity index is 2.00. The standard InChI is InChI=1S/C13H17FO2/c1-9-2-3-10(14)8-13(9)16-12-6-4-11(15)5-7-12/h2-3,8,11-12,15H,4-7H2,1H3. The Morgan fingerprint density at radius 3 is 2.62 bits per heavy atom. The van der Waals surface area contributed by atoms with Gasteiger partial charge >= 0.3 is 0 Å². The Labute approximate surface area is 95.1 Å². The van der Waals surface area contributed by atoms with Gasteiger partial charge in [-0.1, -0.05) is 6.07 Å². The summed E-state index contributed by atoms with van der Waals surface area (Å²) in [5.74, 6) is 0.359. The van der Waals surface area contributed by atoms with Crippen LogP contribution in [-0.4, -0.2) is 17.3 Å². The maximum absolute atomic E-state index is 13.0. The summed E-state index contributed by atoms with van der Waals surface area (Å²) in [6.07, 6.45) is 3.17. The van der Waals surface area contributed by atoms with Gasteiger partial charge in [-0.3, -0.25) is 0 Å². The second kappa shape index (κ2) is 4.83. The summed E-state index contributed by atoms with van der Waals surface area (Å²) in [7, 11) is 0. The number of hydrogen-bond acceptors (Lipinski definition) is 2. The molecule has 0 heterocycles. The molecule has 0 saturated heterocycles. The molecule has 0 bridgehead atoms. The van der Waals surface area contributed by atoms with Gasteiger partial charge in [0.1, 0.15) is 11.6 Å². The van der Waals surface area contributed by atoms with E-state index < -0.39 is 0 Å². The first-order valence-electron chi connectivity index (χ1n) is 5.76. The van der Waals surface area contributed by atoms with Crippen molar-refractivity contribution in [1.82, 2.24) is 0 Å². The molecule has 1 saturated carbocycles. The molecule has 1 aromatic carbocycles. The van der Waals surface area contributed by atoms with Gasteiger partial charge in [-0.05, 0) is 44.2 Å². The number of aliphatic hydroxyl groups excluding tert-OH is 1. The third-order valence-corrected chi connectivity index (χ3v) is 3.09. The maximum Gasteiger partial charge on any atom is 0.126 e. The SMILES string of the molecule is Cc1ccc(F)cc1OC1CCC(O)CC1. The van der Waals surface area contributed by atoms with Gasteiger partial charge in [-0.15, -0.1) is 0 Å². The van der Waals surface area contributed by atoms with Crippen molar-refractivity contribution in [1.29, 1.82) is 0 Å². The summed E-state index contributed by atoms with van der Waals surface area (Å²) < 4.78 is 18.8. The van der Waals surface area contributed by atoms with Crippen LogP contribution in [0, 0.1) is 12.7 Å². The van der Waals surface area contributed by atoms with Gasteiger partial charge in [0.15, 0.2) is 0 Å². The molecule has 0 aromatic heterocycles. The van der Waals surface area contributed by atoms with E-state index in [0.29, 0.717) is 5.75 Å². The highest BCUT2D eigenvalue weighted by molar-refractivity contribution is 5.32. The first-order chi connectivity index (χ1) is 7.65. The van der Waals surface area contributed by atoms with E-state index in [1.54, 1.807) is 6.07 Å². The zero-order chi connectivity index (χ0) is 11.5. The van der Waals surface area contributed by atoms with Crippen LogP contribution in [0.4, 0.5) is 4.39 Å². The molecule has 0 atom stereocenters. The zero-order valence-corrected chi connectivity index (χ0v) is 9.45. The summed E-state index contributed by atoms with van der Waals surface area (Å²) in [6, 6.07) is 4.59. The van der Waals surface area contributed by atoms with E-state index in [4.69, 9.17) is 4.74 Å². The maximum atomic E-state index is 13.0. The average molecular weight is 224 g/mol. The van der Waals surface area contributed by atoms with Crippen molar-refractivity contribution in [3.8, 4) is 5.75 Å². The molecular weight excluding hydrogens is 207 g/mol. The van der Waals surface area contributed by atoms with E-state index in [1.807, 2.05) is 6.92 Å². The number of rotatable bonds is 2. The van der Waals surface area contributed by atoms with E-state index in [0.717, 1.165) is 31.2 Å². The Morgan fingerprint density at radius 2 is 1.94 bits per heavy atom. The smallest absolute Gasteiger partial charge is 0.126 e. The molecule has 1 aromatic rings. The van der Waals surface area contributed by atoms with Crippen LogP contribution in [0.3, 0.4) is 0 Å². The highest BCUT2D eigenvalue weighted by Gasteiger charge is 2.21. The highest BCUT2D eigenvalue weighted by atomic mass is 19.1. The van der Waals surface area contributed by atoms with Crippen LogP contribution in [0.15, 0.2) is 18.2 Å². The molecule has 0 unspecified atom stereocenters. The molecule has 16 heavy (non-hydrogen) atoms. The van der Waals surface area contributed by atoms with E-state index in [-0.39, 0.29) is 18.0 Å². The minimum absolute atomic E-state index is 0.115. The second-order valence-corrected chi connectivity index (χ2v) is 4.46. The van der Waals surface area contributed by atoms with Crippen molar-refractivity contribution in [2.24, 2.45) is 0 Å². The molecule has 2 rings (SSSR count). The Bertz CT molecular complexity index is 357. The molecular formula is C13H17FO2. The van der Waals surface area contributed by atoms with E-state index in [2.05, 4.69) is 0 Å². The first kappa shape index (κ1) is 11.4. The lowest BCUT2D eigenvalue weighted by atomic mass is 9.95. The number of aliphatic hydroxyl groups is 1. The molecule has 0 radical (unpaired) electrons. The van der Waals surface area contributed by atoms with E-state index in [1.165, 1.54) is 12.1 Å². The Morgan fingerprint density at radius 1 is 1.25 bits per heavy atom. The zero-order valence-electron chi connectivity index (χ0n) is 9.45. The van der Waals surface area contributed by atoms with E-state index in [9.17, 15) is 9.50 Å². The van der Waals surface area contributed by atoms with Crippen LogP contribution in [-0.2, 0) is 0 Å². The summed E-state index contributed by atoms with van der Waals surface area (Å²) in [5.41, 5.74) is 0.951. The lowest BCUT2D eigenvalue weighted by Gasteiger charge is -2.26. The number of halogens is 1. The molecule has 88 valence electrons. The third-order valence-electron chi connectivity index (χ3n) is 3.09. The van der Waals surface area contributed by atoms with Gasteiger partial charge in [-0.25, -0.2) is 4.39 Å². The normalized spacial score (nSPS) is 25.4. The average Bonchev–Trinajstić information content (AvgIpc) is 2.27. The van der Waals surface area contributed by atoms with Gasteiger partial charge in [-0.2, -0.15) is 0 Å². The number of benzene rings is 1. The summed E-state index contributed by atoms with van der Waals surface area (Å²) in [4.78, 5) is 0. The molecule has 2 nitrogen and oxygen atoms in total. The second-order valence-electron chi connectivity index (χ2n) is 4.46. The number of hydrogen-bond donors (Lipinski definition) is 1. The van der Waals surface area contributed by atoms with Crippen LogP contribution in [0.5, 0.6) is 5.75 Å². The quantitative estimate of drug-likeness (QED) is 0.837. The highest BCUT2D eigenvalue weighted by Crippen LogP contribution is 2.26. The van der Waals surface area contributed by atoms with Gasteiger partial charge in [0, 0.05) is 6.07 Å². The van der Waals surface area contributed by atoms with Crippen LogP contribution in [0.1, 0.15) is 31.2 Å². The fourth-order valence-corrected chi connectivity index (χ4v) is 2.04. The van der Waals surface area contributed by atoms with Gasteiger partial charge in [0.05, 0.1) is 12.2 Å². The molecule has 3 heteroatoms. The largest absolute Gasteiger partial charge is 0.490 e. The minimum atomic E-state index is -0.267. The lowest BCUT2D eigenvalue weighted by Crippen LogP contribution is -2.26. The summed E-state index contributed by atoms with van der Waals surface area (Å²) in [5, 5.41) is 9.38. The first-order valence-corrected chi connectivity index (χ1v) is 5.76. The monoisotopic (exact) mass is 224 g/mol. The third kappa shape index (κ3) is 2.73. The lowest BCUT2D eigenvalue weighted by molar-refractivity contribution is 0.0661. The molecule has 0 spiro atoms. The molecule has 0 amide bonds. The van der Waals surface area contributed by atoms with Crippen molar-refractivity contribution < 1.29 is 14.2 Å². The van der Waals surface area contributed by atoms with Gasteiger partial charge in [0.2, 0.25) is 0 Å². The Hall–Kier alpha value is -1.09. The minimum Gasteiger partial charge on any atom is -0.490 e. The molecule has 1 aliphatic rings. The van der Waals surface area contributed by atoms with E-state index >= 15 is 0 Å². The number of aryl methyl sites for hydroxylation is 1. The molecule has 1 aliphatic carbocycles. The topological polar surface area (TPSA) is 29.5 Å². The van der Waals surface area contributed by atoms with Crippen molar-refractivity contribution >= 4 is 0 Å². The van der Waals surface area contributed by atoms with Crippen molar-refractivity contribution in [3.63, 3.8) is 0 Å². The van der Waals surface area contributed by atoms with Crippen LogP contribution >= 0.6 is 0 Å². The molecule has 0 aliphatic heterocycles. The fraction of sp³-hybridized carbons (Fsp3) is 0.538. The van der Waals surface area contributed by atoms with Crippen molar-refractivity contribution in [2.75, 3.05) is 0 Å². The summed E-state index contributed by atoms with van der Waals surface area (Å²) in [6.45, 7) is 1.91. The number of ether oxygens (including phenoxy) is 1. The van der Waals surface area contributed by atoms with Crippen LogP contribution in [0.25, 0.3) is 0 Å². The van der Waals surface area contributed by atoms with Crippen LogP contribution < -0.4 is 4.74 Å². The predicted molar refractivity (Wildman–Crippen MR) is 60.0 cm³/mol. The molecule has 1 fully saturated rings. The van der Waals surface area contributed by atoms with Gasteiger partial charge in [0.25, 0.3) is 0 Å².